The van der Waals surface area contributed by atoms with E-state index in [1.165, 1.54) is 29.0 Å². The van der Waals surface area contributed by atoms with Gasteiger partial charge in [0.15, 0.2) is 5.60 Å². The van der Waals surface area contributed by atoms with Gasteiger partial charge in [0.25, 0.3) is 0 Å². The van der Waals surface area contributed by atoms with E-state index in [1.54, 1.807) is 13.3 Å². The van der Waals surface area contributed by atoms with Crippen molar-refractivity contribution in [1.29, 1.82) is 0 Å². The van der Waals surface area contributed by atoms with Crippen molar-refractivity contribution >= 4 is 28.1 Å². The second-order valence-corrected chi connectivity index (χ2v) is 8.04. The smallest absolute Gasteiger partial charge is 0.302 e. The van der Waals surface area contributed by atoms with Crippen LogP contribution in [0.4, 0.5) is 0 Å². The molecular formula is C25H23NO4S. The molecule has 0 aliphatic carbocycles. The molecule has 1 aromatic heterocycles. The van der Waals surface area contributed by atoms with Crippen LogP contribution in [0.2, 0.25) is 0 Å². The van der Waals surface area contributed by atoms with E-state index >= 15 is 0 Å². The number of carbonyl (C=O) groups is 1. The van der Waals surface area contributed by atoms with E-state index in [9.17, 15) is 4.79 Å². The number of benzene rings is 3. The number of aromatic nitrogens is 1. The van der Waals surface area contributed by atoms with Gasteiger partial charge in [-0.15, -0.1) is 11.3 Å². The number of ether oxygens (including phenoxy) is 3. The number of hydrogen-bond donors (Lipinski definition) is 0. The van der Waals surface area contributed by atoms with Crippen molar-refractivity contribution in [1.82, 2.24) is 4.98 Å². The van der Waals surface area contributed by atoms with Crippen LogP contribution >= 0.6 is 11.3 Å². The van der Waals surface area contributed by atoms with Gasteiger partial charge in [0.1, 0.15) is 24.0 Å². The van der Waals surface area contributed by atoms with Crippen LogP contribution in [0.15, 0.2) is 78.3 Å². The Morgan fingerprint density at radius 2 is 1.87 bits per heavy atom. The molecule has 0 radical (unpaired) electrons. The zero-order valence-corrected chi connectivity index (χ0v) is 18.2. The molecule has 5 nitrogen and oxygen atoms in total. The average Bonchev–Trinajstić information content (AvgIpc) is 3.34. The number of hydrogen-bond acceptors (Lipinski definition) is 6. The highest BCUT2D eigenvalue weighted by Crippen LogP contribution is 2.36. The van der Waals surface area contributed by atoms with Gasteiger partial charge in [-0.2, -0.15) is 0 Å². The Morgan fingerprint density at radius 1 is 1.03 bits per heavy atom. The second-order valence-electron chi connectivity index (χ2n) is 7.15. The number of rotatable bonds is 8. The summed E-state index contributed by atoms with van der Waals surface area (Å²) in [5.41, 5.74) is 0.895. The monoisotopic (exact) mass is 433 g/mol. The summed E-state index contributed by atoms with van der Waals surface area (Å²) in [5, 5.41) is 4.97. The Bertz CT molecular complexity index is 1180. The number of nitrogens with zero attached hydrogens (tertiary/aromatic N) is 1. The molecule has 0 aliphatic rings. The minimum absolute atomic E-state index is 0.0282. The summed E-state index contributed by atoms with van der Waals surface area (Å²) in [5.74, 6) is 0.327. The summed E-state index contributed by atoms with van der Waals surface area (Å²) in [6, 6.07) is 22.2. The normalized spacial score (nSPS) is 13.0. The quantitative estimate of drug-likeness (QED) is 0.352. The molecule has 31 heavy (non-hydrogen) atoms. The van der Waals surface area contributed by atoms with Gasteiger partial charge in [-0.1, -0.05) is 48.5 Å². The van der Waals surface area contributed by atoms with Crippen LogP contribution in [0.5, 0.6) is 5.75 Å². The highest BCUT2D eigenvalue weighted by Gasteiger charge is 2.39. The molecule has 3 aromatic carbocycles. The largest absolute Gasteiger partial charge is 0.489 e. The van der Waals surface area contributed by atoms with Gasteiger partial charge in [-0.05, 0) is 40.1 Å². The zero-order chi connectivity index (χ0) is 21.7. The summed E-state index contributed by atoms with van der Waals surface area (Å²) < 4.78 is 17.3. The number of thiazole rings is 1. The first-order valence-electron chi connectivity index (χ1n) is 9.90. The fourth-order valence-electron chi connectivity index (χ4n) is 3.49. The first-order chi connectivity index (χ1) is 15.1. The standard InChI is InChI=1S/C25H23NO4S/c1-18(27)30-17-25(28-2,24-26-12-13-31-24)22-8-5-9-23(15-22)29-16-19-10-11-20-6-3-4-7-21(20)14-19/h3-15H,16-17H2,1-2H3. The highest BCUT2D eigenvalue weighted by atomic mass is 32.1. The first kappa shape index (κ1) is 21.0. The van der Waals surface area contributed by atoms with Crippen molar-refractivity contribution in [3.8, 4) is 5.75 Å². The highest BCUT2D eigenvalue weighted by molar-refractivity contribution is 7.09. The number of esters is 1. The molecule has 1 unspecified atom stereocenters. The van der Waals surface area contributed by atoms with E-state index in [4.69, 9.17) is 14.2 Å². The van der Waals surface area contributed by atoms with E-state index in [0.29, 0.717) is 17.4 Å². The maximum Gasteiger partial charge on any atom is 0.302 e. The summed E-state index contributed by atoms with van der Waals surface area (Å²) in [6.07, 6.45) is 1.71. The topological polar surface area (TPSA) is 57.7 Å². The molecule has 4 aromatic rings. The van der Waals surface area contributed by atoms with Crippen LogP contribution in [-0.4, -0.2) is 24.7 Å². The van der Waals surface area contributed by atoms with Crippen molar-refractivity contribution in [2.24, 2.45) is 0 Å². The summed E-state index contributed by atoms with van der Waals surface area (Å²) in [4.78, 5) is 15.9. The maximum absolute atomic E-state index is 11.5. The third-order valence-corrected chi connectivity index (χ3v) is 6.04. The Labute approximate surface area is 185 Å². The van der Waals surface area contributed by atoms with E-state index in [1.807, 2.05) is 41.8 Å². The molecule has 0 amide bonds. The van der Waals surface area contributed by atoms with Gasteiger partial charge >= 0.3 is 5.97 Å². The Hall–Kier alpha value is -3.22. The molecule has 158 valence electrons. The fraction of sp³-hybridized carbons (Fsp3) is 0.200. The van der Waals surface area contributed by atoms with Gasteiger partial charge in [0.05, 0.1) is 0 Å². The zero-order valence-electron chi connectivity index (χ0n) is 17.4. The molecule has 6 heteroatoms. The lowest BCUT2D eigenvalue weighted by atomic mass is 9.94. The molecule has 0 saturated carbocycles. The molecule has 0 bridgehead atoms. The van der Waals surface area contributed by atoms with Crippen molar-refractivity contribution in [2.45, 2.75) is 19.1 Å². The molecule has 1 atom stereocenters. The molecule has 0 saturated heterocycles. The molecule has 0 N–H and O–H groups in total. The summed E-state index contributed by atoms with van der Waals surface area (Å²) >= 11 is 1.45. The van der Waals surface area contributed by atoms with Gasteiger partial charge in [0, 0.05) is 25.6 Å². The molecule has 4 rings (SSSR count). The van der Waals surface area contributed by atoms with Crippen LogP contribution in [0.3, 0.4) is 0 Å². The van der Waals surface area contributed by atoms with E-state index < -0.39 is 5.60 Å². The maximum atomic E-state index is 11.5. The van der Waals surface area contributed by atoms with E-state index in [-0.39, 0.29) is 12.6 Å². The fourth-order valence-corrected chi connectivity index (χ4v) is 4.31. The predicted octanol–water partition coefficient (Wildman–Crippen LogP) is 5.33. The van der Waals surface area contributed by atoms with E-state index in [0.717, 1.165) is 11.1 Å². The molecular weight excluding hydrogens is 410 g/mol. The Morgan fingerprint density at radius 3 is 2.61 bits per heavy atom. The van der Waals surface area contributed by atoms with Crippen molar-refractivity contribution in [2.75, 3.05) is 13.7 Å². The number of fused-ring (bicyclic) bond motifs is 1. The van der Waals surface area contributed by atoms with Crippen LogP contribution in [0.1, 0.15) is 23.1 Å². The SMILES string of the molecule is COC(COC(C)=O)(c1cccc(OCc2ccc3ccccc3c2)c1)c1nccs1. The Balaban J connectivity index is 1.59. The second kappa shape index (κ2) is 9.29. The van der Waals surface area contributed by atoms with Gasteiger partial charge in [-0.25, -0.2) is 4.98 Å². The number of methoxy groups -OCH3 is 1. The van der Waals surface area contributed by atoms with Gasteiger partial charge in [-0.3, -0.25) is 4.79 Å². The number of carbonyl (C=O) groups excluding carboxylic acids is 1. The molecule has 0 aliphatic heterocycles. The summed E-state index contributed by atoms with van der Waals surface area (Å²) in [6.45, 7) is 1.85. The van der Waals surface area contributed by atoms with Crippen LogP contribution in [-0.2, 0) is 26.5 Å². The van der Waals surface area contributed by atoms with Crippen LogP contribution in [0, 0.1) is 0 Å². The van der Waals surface area contributed by atoms with Crippen molar-refractivity contribution in [3.05, 3.63) is 94.4 Å². The minimum atomic E-state index is -0.998. The lowest BCUT2D eigenvalue weighted by Gasteiger charge is -2.30. The van der Waals surface area contributed by atoms with Crippen molar-refractivity contribution < 1.29 is 19.0 Å². The minimum Gasteiger partial charge on any atom is -0.489 e. The first-order valence-corrected chi connectivity index (χ1v) is 10.8. The molecule has 0 spiro atoms. The van der Waals surface area contributed by atoms with Crippen molar-refractivity contribution in [3.63, 3.8) is 0 Å². The van der Waals surface area contributed by atoms with E-state index in [2.05, 4.69) is 35.3 Å². The Kier molecular flexibility index (Phi) is 6.30. The molecule has 1 heterocycles. The predicted molar refractivity (Wildman–Crippen MR) is 121 cm³/mol. The van der Waals surface area contributed by atoms with Gasteiger partial charge in [0.2, 0.25) is 0 Å². The third kappa shape index (κ3) is 4.60. The summed E-state index contributed by atoms with van der Waals surface area (Å²) in [7, 11) is 1.59. The van der Waals surface area contributed by atoms with Gasteiger partial charge < -0.3 is 14.2 Å². The van der Waals surface area contributed by atoms with Crippen LogP contribution in [0.25, 0.3) is 10.8 Å². The lowest BCUT2D eigenvalue weighted by molar-refractivity contribution is -0.148. The van der Waals surface area contributed by atoms with Crippen LogP contribution < -0.4 is 4.74 Å². The molecule has 0 fully saturated rings. The third-order valence-electron chi connectivity index (χ3n) is 5.12. The lowest BCUT2D eigenvalue weighted by Crippen LogP contribution is -2.36. The average molecular weight is 434 g/mol.